The first kappa shape index (κ1) is 9.92. The quantitative estimate of drug-likeness (QED) is 0.454. The smallest absolute Gasteiger partial charge is 0.162 e. The van der Waals surface area contributed by atoms with Crippen LogP contribution in [-0.4, -0.2) is 16.0 Å². The summed E-state index contributed by atoms with van der Waals surface area (Å²) in [5.74, 6) is -1.52. The van der Waals surface area contributed by atoms with E-state index in [9.17, 15) is 0 Å². The summed E-state index contributed by atoms with van der Waals surface area (Å²) in [6.07, 6.45) is 3.66. The van der Waals surface area contributed by atoms with Crippen LogP contribution in [0.25, 0.3) is 0 Å². The van der Waals surface area contributed by atoms with E-state index >= 15 is 0 Å². The topological polar surface area (TPSA) is 40.5 Å². The minimum Gasteiger partial charge on any atom is -0.366 e. The van der Waals surface area contributed by atoms with Gasteiger partial charge in [0.25, 0.3) is 0 Å². The van der Waals surface area contributed by atoms with Crippen molar-refractivity contribution in [2.75, 3.05) is 0 Å². The largest absolute Gasteiger partial charge is 0.366 e. The van der Waals surface area contributed by atoms with Gasteiger partial charge in [-0.2, -0.15) is 0 Å². The summed E-state index contributed by atoms with van der Waals surface area (Å²) in [4.78, 5) is 0. The first-order chi connectivity index (χ1) is 4.62. The minimum atomic E-state index is -1.52. The lowest BCUT2D eigenvalue weighted by Gasteiger charge is -2.18. The molecule has 0 aromatic heterocycles. The van der Waals surface area contributed by atoms with Gasteiger partial charge in [0, 0.05) is 12.8 Å². The second kappa shape index (κ2) is 4.69. The van der Waals surface area contributed by atoms with Crippen LogP contribution in [0.1, 0.15) is 39.0 Å². The Morgan fingerprint density at radius 1 is 1.30 bits per heavy atom. The normalized spacial score (nSPS) is 12.0. The van der Waals surface area contributed by atoms with Crippen LogP contribution in [0.4, 0.5) is 0 Å². The molecule has 0 spiro atoms. The van der Waals surface area contributed by atoms with Gasteiger partial charge in [0.1, 0.15) is 0 Å². The van der Waals surface area contributed by atoms with Gasteiger partial charge in [0.05, 0.1) is 0 Å². The van der Waals surface area contributed by atoms with Gasteiger partial charge in [-0.3, -0.25) is 0 Å². The minimum absolute atomic E-state index is 0.177. The van der Waals surface area contributed by atoms with Crippen LogP contribution in [0, 0.1) is 6.92 Å². The Morgan fingerprint density at radius 3 is 2.30 bits per heavy atom. The fourth-order valence-corrected chi connectivity index (χ4v) is 0.783. The van der Waals surface area contributed by atoms with Crippen molar-refractivity contribution < 1.29 is 10.2 Å². The van der Waals surface area contributed by atoms with Crippen molar-refractivity contribution in [2.24, 2.45) is 0 Å². The highest BCUT2D eigenvalue weighted by Gasteiger charge is 2.18. The lowest BCUT2D eigenvalue weighted by molar-refractivity contribution is -0.163. The molecule has 1 radical (unpaired) electrons. The Bertz CT molecular complexity index is 79.3. The SMILES string of the molecule is [CH2]CC(O)(O)CCCCC. The van der Waals surface area contributed by atoms with Crippen LogP contribution >= 0.6 is 0 Å². The molecule has 0 saturated heterocycles. The average Bonchev–Trinajstić information content (AvgIpc) is 1.89. The molecule has 61 valence electrons. The zero-order chi connectivity index (χ0) is 8.04. The molecule has 0 saturated carbocycles. The van der Waals surface area contributed by atoms with Crippen molar-refractivity contribution in [3.05, 3.63) is 6.92 Å². The molecule has 0 amide bonds. The zero-order valence-corrected chi connectivity index (χ0v) is 6.64. The van der Waals surface area contributed by atoms with Gasteiger partial charge in [-0.1, -0.05) is 19.8 Å². The maximum Gasteiger partial charge on any atom is 0.162 e. The summed E-state index contributed by atoms with van der Waals surface area (Å²) in [5, 5.41) is 18.1. The van der Waals surface area contributed by atoms with E-state index in [-0.39, 0.29) is 6.42 Å². The van der Waals surface area contributed by atoms with Crippen LogP contribution in [0.3, 0.4) is 0 Å². The molecule has 2 N–H and O–H groups in total. The Balaban J connectivity index is 3.28. The van der Waals surface area contributed by atoms with Gasteiger partial charge >= 0.3 is 0 Å². The molecule has 0 unspecified atom stereocenters. The Kier molecular flexibility index (Phi) is 4.65. The number of hydrogen-bond acceptors (Lipinski definition) is 2. The first-order valence-corrected chi connectivity index (χ1v) is 3.86. The maximum absolute atomic E-state index is 9.04. The third-order valence-corrected chi connectivity index (χ3v) is 1.58. The van der Waals surface area contributed by atoms with Crippen LogP contribution in [0.2, 0.25) is 0 Å². The number of unbranched alkanes of at least 4 members (excludes halogenated alkanes) is 2. The summed E-state index contributed by atoms with van der Waals surface area (Å²) in [5.41, 5.74) is 0. The lowest BCUT2D eigenvalue weighted by atomic mass is 10.1. The van der Waals surface area contributed by atoms with Crippen molar-refractivity contribution in [3.8, 4) is 0 Å². The van der Waals surface area contributed by atoms with Crippen LogP contribution in [-0.2, 0) is 0 Å². The molecule has 0 fully saturated rings. The van der Waals surface area contributed by atoms with Gasteiger partial charge in [0.15, 0.2) is 5.79 Å². The number of hydrogen-bond donors (Lipinski definition) is 2. The van der Waals surface area contributed by atoms with Gasteiger partial charge in [-0.15, -0.1) is 0 Å². The summed E-state index contributed by atoms with van der Waals surface area (Å²) in [6, 6.07) is 0. The maximum atomic E-state index is 9.04. The molecule has 0 aliphatic heterocycles. The van der Waals surface area contributed by atoms with Crippen molar-refractivity contribution in [3.63, 3.8) is 0 Å². The van der Waals surface area contributed by atoms with Gasteiger partial charge < -0.3 is 10.2 Å². The molecule has 0 aromatic carbocycles. The average molecular weight is 145 g/mol. The monoisotopic (exact) mass is 145 g/mol. The predicted molar refractivity (Wildman–Crippen MR) is 41.3 cm³/mol. The Labute approximate surface area is 62.9 Å². The highest BCUT2D eigenvalue weighted by Crippen LogP contribution is 2.14. The van der Waals surface area contributed by atoms with E-state index in [0.29, 0.717) is 6.42 Å². The highest BCUT2D eigenvalue weighted by atomic mass is 16.5. The number of aliphatic hydroxyl groups is 2. The molecule has 0 aromatic rings. The fraction of sp³-hybridized carbons (Fsp3) is 0.875. The van der Waals surface area contributed by atoms with Crippen molar-refractivity contribution in [2.45, 2.75) is 44.8 Å². The van der Waals surface area contributed by atoms with E-state index in [1.807, 2.05) is 0 Å². The summed E-state index contributed by atoms with van der Waals surface area (Å²) in [6.45, 7) is 5.52. The third-order valence-electron chi connectivity index (χ3n) is 1.58. The molecule has 10 heavy (non-hydrogen) atoms. The van der Waals surface area contributed by atoms with E-state index in [4.69, 9.17) is 10.2 Å². The van der Waals surface area contributed by atoms with E-state index in [2.05, 4.69) is 13.8 Å². The first-order valence-electron chi connectivity index (χ1n) is 3.86. The standard InChI is InChI=1S/C8H17O2/c1-3-5-6-7-8(9,10)4-2/h9-10H,2-7H2,1H3. The van der Waals surface area contributed by atoms with E-state index in [0.717, 1.165) is 19.3 Å². The second-order valence-corrected chi connectivity index (χ2v) is 2.69. The van der Waals surface area contributed by atoms with E-state index in [1.54, 1.807) is 0 Å². The molecule has 0 bridgehead atoms. The molecule has 0 heterocycles. The second-order valence-electron chi connectivity index (χ2n) is 2.69. The molecule has 0 atom stereocenters. The summed E-state index contributed by atoms with van der Waals surface area (Å²) < 4.78 is 0. The van der Waals surface area contributed by atoms with Crippen molar-refractivity contribution in [1.82, 2.24) is 0 Å². The highest BCUT2D eigenvalue weighted by molar-refractivity contribution is 4.64. The molecule has 0 rings (SSSR count). The molecule has 0 aliphatic carbocycles. The summed E-state index contributed by atoms with van der Waals surface area (Å²) in [7, 11) is 0. The fourth-order valence-electron chi connectivity index (χ4n) is 0.783. The van der Waals surface area contributed by atoms with Gasteiger partial charge in [-0.25, -0.2) is 0 Å². The van der Waals surface area contributed by atoms with Crippen LogP contribution < -0.4 is 0 Å². The predicted octanol–water partition coefficient (Wildman–Crippen LogP) is 1.47. The molecule has 2 heteroatoms. The van der Waals surface area contributed by atoms with Gasteiger partial charge in [0.2, 0.25) is 0 Å². The van der Waals surface area contributed by atoms with Crippen molar-refractivity contribution in [1.29, 1.82) is 0 Å². The third kappa shape index (κ3) is 4.77. The molecular weight excluding hydrogens is 128 g/mol. The molecular formula is C8H17O2. The zero-order valence-electron chi connectivity index (χ0n) is 6.64. The van der Waals surface area contributed by atoms with Crippen LogP contribution in [0.5, 0.6) is 0 Å². The van der Waals surface area contributed by atoms with Gasteiger partial charge in [-0.05, 0) is 13.3 Å². The molecule has 2 nitrogen and oxygen atoms in total. The Hall–Kier alpha value is -0.0800. The number of rotatable bonds is 5. The van der Waals surface area contributed by atoms with E-state index < -0.39 is 5.79 Å². The Morgan fingerprint density at radius 2 is 1.90 bits per heavy atom. The van der Waals surface area contributed by atoms with Crippen LogP contribution in [0.15, 0.2) is 0 Å². The lowest BCUT2D eigenvalue weighted by Crippen LogP contribution is -2.26. The molecule has 0 aliphatic rings. The van der Waals surface area contributed by atoms with Crippen molar-refractivity contribution >= 4 is 0 Å². The summed E-state index contributed by atoms with van der Waals surface area (Å²) >= 11 is 0. The van der Waals surface area contributed by atoms with E-state index in [1.165, 1.54) is 0 Å².